The van der Waals surface area contributed by atoms with Gasteiger partial charge < -0.3 is 4.42 Å². The molecule has 0 saturated carbocycles. The van der Waals surface area contributed by atoms with Crippen LogP contribution in [0.4, 0.5) is 0 Å². The molecule has 3 nitrogen and oxygen atoms in total. The van der Waals surface area contributed by atoms with E-state index in [2.05, 4.69) is 0 Å². The number of hydrogen-bond donors (Lipinski definition) is 1. The number of rotatable bonds is 0. The van der Waals surface area contributed by atoms with Crippen molar-refractivity contribution in [3.8, 4) is 6.07 Å². The molecule has 4 heteroatoms. The van der Waals surface area contributed by atoms with Crippen molar-refractivity contribution in [1.29, 1.82) is 10.7 Å². The molecule has 14 heavy (non-hydrogen) atoms. The van der Waals surface area contributed by atoms with Gasteiger partial charge in [-0.2, -0.15) is 5.26 Å². The van der Waals surface area contributed by atoms with Crippen LogP contribution in [0, 0.1) is 16.7 Å². The first-order chi connectivity index (χ1) is 6.70. The van der Waals surface area contributed by atoms with Gasteiger partial charge in [0, 0.05) is 10.4 Å². The third kappa shape index (κ3) is 1.36. The third-order valence-corrected chi connectivity index (χ3v) is 2.08. The highest BCUT2D eigenvalue weighted by Crippen LogP contribution is 2.18. The van der Waals surface area contributed by atoms with Crippen molar-refractivity contribution in [2.75, 3.05) is 0 Å². The van der Waals surface area contributed by atoms with E-state index in [4.69, 9.17) is 26.7 Å². The van der Waals surface area contributed by atoms with Gasteiger partial charge in [-0.05, 0) is 24.3 Å². The maximum Gasteiger partial charge on any atom is 0.229 e. The molecule has 0 bridgehead atoms. The lowest BCUT2D eigenvalue weighted by Crippen LogP contribution is -2.03. The van der Waals surface area contributed by atoms with Gasteiger partial charge in [-0.3, -0.25) is 5.41 Å². The van der Waals surface area contributed by atoms with Crippen LogP contribution in [0.2, 0.25) is 5.02 Å². The lowest BCUT2D eigenvalue weighted by Gasteiger charge is -1.97. The number of benzene rings is 1. The fourth-order valence-corrected chi connectivity index (χ4v) is 1.37. The van der Waals surface area contributed by atoms with Crippen molar-refractivity contribution < 1.29 is 4.42 Å². The number of nitriles is 1. The number of nitrogens with one attached hydrogen (secondary N) is 1. The van der Waals surface area contributed by atoms with Crippen LogP contribution in [-0.2, 0) is 0 Å². The summed E-state index contributed by atoms with van der Waals surface area (Å²) < 4.78 is 5.12. The Morgan fingerprint density at radius 3 is 2.86 bits per heavy atom. The van der Waals surface area contributed by atoms with Crippen LogP contribution in [-0.4, -0.2) is 0 Å². The molecule has 0 saturated heterocycles. The second-order valence-corrected chi connectivity index (χ2v) is 3.22. The molecule has 1 N–H and O–H groups in total. The van der Waals surface area contributed by atoms with Gasteiger partial charge in [0.1, 0.15) is 17.2 Å². The summed E-state index contributed by atoms with van der Waals surface area (Å²) in [7, 11) is 0. The van der Waals surface area contributed by atoms with Crippen molar-refractivity contribution in [2.45, 2.75) is 0 Å². The highest BCUT2D eigenvalue weighted by Gasteiger charge is 2.01. The van der Waals surface area contributed by atoms with Gasteiger partial charge in [0.2, 0.25) is 5.55 Å². The van der Waals surface area contributed by atoms with Crippen molar-refractivity contribution in [1.82, 2.24) is 0 Å². The Morgan fingerprint density at radius 2 is 2.14 bits per heavy atom. The van der Waals surface area contributed by atoms with E-state index in [1.54, 1.807) is 24.3 Å². The van der Waals surface area contributed by atoms with E-state index >= 15 is 0 Å². The molecule has 2 rings (SSSR count). The zero-order valence-electron chi connectivity index (χ0n) is 7.04. The van der Waals surface area contributed by atoms with E-state index in [0.29, 0.717) is 10.6 Å². The maximum atomic E-state index is 8.68. The molecule has 0 fully saturated rings. The summed E-state index contributed by atoms with van der Waals surface area (Å²) in [6.45, 7) is 0. The molecule has 1 heterocycles. The van der Waals surface area contributed by atoms with Crippen molar-refractivity contribution >= 4 is 22.6 Å². The molecule has 0 aliphatic carbocycles. The molecule has 0 unspecified atom stereocenters. The summed E-state index contributed by atoms with van der Waals surface area (Å²) in [5, 5.41) is 17.4. The topological polar surface area (TPSA) is 60.8 Å². The fraction of sp³-hybridized carbons (Fsp3) is 0. The molecular weight excluding hydrogens is 200 g/mol. The smallest absolute Gasteiger partial charge is 0.229 e. The van der Waals surface area contributed by atoms with E-state index in [9.17, 15) is 0 Å². The molecule has 2 aromatic rings. The zero-order valence-corrected chi connectivity index (χ0v) is 7.80. The second kappa shape index (κ2) is 3.17. The fourth-order valence-electron chi connectivity index (χ4n) is 1.19. The number of hydrogen-bond acceptors (Lipinski definition) is 3. The normalized spacial score (nSPS) is 10.0. The number of halogens is 1. The maximum absolute atomic E-state index is 8.68. The zero-order chi connectivity index (χ0) is 10.1. The minimum absolute atomic E-state index is 0.123. The molecular formula is C10H5ClN2O. The van der Waals surface area contributed by atoms with Gasteiger partial charge in [0.15, 0.2) is 0 Å². The lowest BCUT2D eigenvalue weighted by molar-refractivity contribution is 0.530. The Hall–Kier alpha value is -1.79. The van der Waals surface area contributed by atoms with Crippen LogP contribution in [0.3, 0.4) is 0 Å². The summed E-state index contributed by atoms with van der Waals surface area (Å²) in [5.74, 6) is 0. The summed E-state index contributed by atoms with van der Waals surface area (Å²) in [5.41, 5.74) is 0.639. The van der Waals surface area contributed by atoms with Gasteiger partial charge in [0.05, 0.1) is 0 Å². The van der Waals surface area contributed by atoms with E-state index in [-0.39, 0.29) is 11.1 Å². The predicted molar refractivity (Wildman–Crippen MR) is 51.8 cm³/mol. The monoisotopic (exact) mass is 204 g/mol. The Bertz CT molecular complexity index is 595. The first-order valence-electron chi connectivity index (χ1n) is 3.89. The summed E-state index contributed by atoms with van der Waals surface area (Å²) >= 11 is 5.78. The van der Waals surface area contributed by atoms with Crippen LogP contribution < -0.4 is 5.55 Å². The molecule has 1 aromatic heterocycles. The molecule has 1 aromatic carbocycles. The van der Waals surface area contributed by atoms with E-state index in [1.807, 2.05) is 6.07 Å². The van der Waals surface area contributed by atoms with Crippen LogP contribution in [0.25, 0.3) is 11.0 Å². The highest BCUT2D eigenvalue weighted by molar-refractivity contribution is 6.31. The number of fused-ring (bicyclic) bond motifs is 1. The Morgan fingerprint density at radius 1 is 1.36 bits per heavy atom. The number of nitrogens with zero attached hydrogens (tertiary/aromatic N) is 1. The predicted octanol–water partition coefficient (Wildman–Crippen LogP) is 2.44. The van der Waals surface area contributed by atoms with Gasteiger partial charge in [0.25, 0.3) is 0 Å². The quantitative estimate of drug-likeness (QED) is 0.717. The minimum Gasteiger partial charge on any atom is -0.438 e. The Labute approximate surface area is 84.7 Å². The molecule has 68 valence electrons. The first-order valence-corrected chi connectivity index (χ1v) is 4.26. The molecule has 0 spiro atoms. The van der Waals surface area contributed by atoms with Gasteiger partial charge in [-0.25, -0.2) is 0 Å². The van der Waals surface area contributed by atoms with Gasteiger partial charge in [-0.15, -0.1) is 0 Å². The summed E-state index contributed by atoms with van der Waals surface area (Å²) in [4.78, 5) is 0. The average Bonchev–Trinajstić information content (AvgIpc) is 2.17. The first kappa shape index (κ1) is 8.79. The van der Waals surface area contributed by atoms with Crippen LogP contribution in [0.1, 0.15) is 5.56 Å². The average molecular weight is 205 g/mol. The van der Waals surface area contributed by atoms with Crippen LogP contribution in [0.15, 0.2) is 28.7 Å². The standard InChI is InChI=1S/C10H5ClN2O/c11-8-1-2-9-6(4-8)3-7(5-12)10(13)14-9/h1-4,13H. The van der Waals surface area contributed by atoms with Gasteiger partial charge >= 0.3 is 0 Å². The van der Waals surface area contributed by atoms with Crippen LogP contribution in [0.5, 0.6) is 0 Å². The lowest BCUT2D eigenvalue weighted by atomic mass is 10.2. The molecule has 0 atom stereocenters. The van der Waals surface area contributed by atoms with E-state index < -0.39 is 0 Å². The molecule has 0 aliphatic heterocycles. The Kier molecular flexibility index (Phi) is 1.99. The Balaban J connectivity index is 2.89. The van der Waals surface area contributed by atoms with Crippen LogP contribution >= 0.6 is 11.6 Å². The summed E-state index contributed by atoms with van der Waals surface area (Å²) in [6, 6.07) is 8.52. The highest BCUT2D eigenvalue weighted by atomic mass is 35.5. The van der Waals surface area contributed by atoms with E-state index in [1.165, 1.54) is 0 Å². The van der Waals surface area contributed by atoms with Crippen molar-refractivity contribution in [2.24, 2.45) is 0 Å². The van der Waals surface area contributed by atoms with Gasteiger partial charge in [-0.1, -0.05) is 11.6 Å². The molecule has 0 amide bonds. The van der Waals surface area contributed by atoms with Crippen molar-refractivity contribution in [3.63, 3.8) is 0 Å². The van der Waals surface area contributed by atoms with Crippen molar-refractivity contribution in [3.05, 3.63) is 40.4 Å². The second-order valence-electron chi connectivity index (χ2n) is 2.78. The largest absolute Gasteiger partial charge is 0.438 e. The minimum atomic E-state index is -0.123. The molecule has 0 aliphatic rings. The third-order valence-electron chi connectivity index (χ3n) is 1.85. The van der Waals surface area contributed by atoms with E-state index in [0.717, 1.165) is 5.39 Å². The molecule has 0 radical (unpaired) electrons. The SMILES string of the molecule is N#Cc1cc2cc(Cl)ccc2oc1=N. The summed E-state index contributed by atoms with van der Waals surface area (Å²) in [6.07, 6.45) is 0.